The summed E-state index contributed by atoms with van der Waals surface area (Å²) in [7, 11) is 0. The molecule has 0 saturated carbocycles. The van der Waals surface area contributed by atoms with Crippen LogP contribution < -0.4 is 21.5 Å². The summed E-state index contributed by atoms with van der Waals surface area (Å²) in [4.78, 5) is 35.1. The second kappa shape index (κ2) is 8.97. The minimum Gasteiger partial charge on any atom is -0.326 e. The number of benzene rings is 1. The maximum Gasteiger partial charge on any atom is 0.238 e. The molecule has 24 heavy (non-hydrogen) atoms. The molecule has 0 atom stereocenters. The normalized spacial score (nSPS) is 10.5. The van der Waals surface area contributed by atoms with Crippen LogP contribution in [0.25, 0.3) is 0 Å². The van der Waals surface area contributed by atoms with Crippen LogP contribution in [0.2, 0.25) is 0 Å². The van der Waals surface area contributed by atoms with E-state index in [1.54, 1.807) is 45.0 Å². The van der Waals surface area contributed by atoms with Gasteiger partial charge in [0.05, 0.1) is 0 Å². The van der Waals surface area contributed by atoms with Crippen LogP contribution in [-0.2, 0) is 14.4 Å². The van der Waals surface area contributed by atoms with E-state index < -0.39 is 11.3 Å². The van der Waals surface area contributed by atoms with Gasteiger partial charge in [-0.2, -0.15) is 0 Å². The van der Waals surface area contributed by atoms with Gasteiger partial charge in [-0.1, -0.05) is 39.0 Å². The lowest BCUT2D eigenvalue weighted by Crippen LogP contribution is -2.50. The van der Waals surface area contributed by atoms with Gasteiger partial charge >= 0.3 is 0 Å². The third kappa shape index (κ3) is 7.68. The van der Waals surface area contributed by atoms with Crippen LogP contribution in [0.3, 0.4) is 0 Å². The van der Waals surface area contributed by atoms with Crippen molar-refractivity contribution in [3.8, 4) is 0 Å². The summed E-state index contributed by atoms with van der Waals surface area (Å²) in [5.41, 5.74) is 4.84. The van der Waals surface area contributed by atoms with Crippen molar-refractivity contribution in [2.75, 3.05) is 5.32 Å². The Hall–Kier alpha value is -2.48. The summed E-state index contributed by atoms with van der Waals surface area (Å²) in [6.07, 6.45) is 0.0189. The number of thiocarbonyl (C=S) groups is 1. The minimum atomic E-state index is -0.592. The lowest BCUT2D eigenvalue weighted by Gasteiger charge is -2.18. The molecule has 8 heteroatoms. The van der Waals surface area contributed by atoms with Gasteiger partial charge in [0.15, 0.2) is 5.11 Å². The smallest absolute Gasteiger partial charge is 0.238 e. The van der Waals surface area contributed by atoms with E-state index in [-0.39, 0.29) is 29.8 Å². The van der Waals surface area contributed by atoms with E-state index in [4.69, 9.17) is 12.2 Å². The van der Waals surface area contributed by atoms with Crippen LogP contribution in [0.15, 0.2) is 30.3 Å². The molecule has 1 aromatic rings. The topological polar surface area (TPSA) is 99.3 Å². The van der Waals surface area contributed by atoms with Crippen molar-refractivity contribution in [1.29, 1.82) is 0 Å². The SMILES string of the molecule is CC(C)(C)C(=O)NC(=S)NNC(=O)CCC(=O)Nc1ccccc1. The molecule has 0 saturated heterocycles. The second-order valence-electron chi connectivity index (χ2n) is 6.12. The van der Waals surface area contributed by atoms with E-state index in [1.165, 1.54) is 0 Å². The monoisotopic (exact) mass is 350 g/mol. The third-order valence-electron chi connectivity index (χ3n) is 2.86. The molecule has 7 nitrogen and oxygen atoms in total. The zero-order chi connectivity index (χ0) is 18.2. The molecule has 0 aliphatic heterocycles. The van der Waals surface area contributed by atoms with Crippen molar-refractivity contribution < 1.29 is 14.4 Å². The lowest BCUT2D eigenvalue weighted by molar-refractivity contribution is -0.127. The van der Waals surface area contributed by atoms with Crippen molar-refractivity contribution in [1.82, 2.24) is 16.2 Å². The van der Waals surface area contributed by atoms with Crippen molar-refractivity contribution in [3.05, 3.63) is 30.3 Å². The predicted molar refractivity (Wildman–Crippen MR) is 95.8 cm³/mol. The third-order valence-corrected chi connectivity index (χ3v) is 3.06. The van der Waals surface area contributed by atoms with Gasteiger partial charge < -0.3 is 10.6 Å². The van der Waals surface area contributed by atoms with E-state index >= 15 is 0 Å². The number of carbonyl (C=O) groups is 3. The number of anilines is 1. The molecular weight excluding hydrogens is 328 g/mol. The molecule has 1 aromatic carbocycles. The Balaban J connectivity index is 2.25. The van der Waals surface area contributed by atoms with E-state index in [9.17, 15) is 14.4 Å². The van der Waals surface area contributed by atoms with Crippen LogP contribution in [0.4, 0.5) is 5.69 Å². The molecule has 0 radical (unpaired) electrons. The van der Waals surface area contributed by atoms with Gasteiger partial charge in [-0.3, -0.25) is 25.2 Å². The van der Waals surface area contributed by atoms with Crippen LogP contribution in [0, 0.1) is 5.41 Å². The number of hydrogen-bond donors (Lipinski definition) is 4. The highest BCUT2D eigenvalue weighted by molar-refractivity contribution is 7.80. The summed E-state index contributed by atoms with van der Waals surface area (Å²) in [5.74, 6) is -0.943. The van der Waals surface area contributed by atoms with Crippen molar-refractivity contribution in [2.24, 2.45) is 5.41 Å². The summed E-state index contributed by atoms with van der Waals surface area (Å²) in [6, 6.07) is 8.97. The largest absolute Gasteiger partial charge is 0.326 e. The number of hydrazine groups is 1. The van der Waals surface area contributed by atoms with E-state index in [0.717, 1.165) is 0 Å². The quantitative estimate of drug-likeness (QED) is 0.487. The first-order chi connectivity index (χ1) is 11.2. The molecule has 3 amide bonds. The Morgan fingerprint density at radius 3 is 2.12 bits per heavy atom. The number of amides is 3. The average molecular weight is 350 g/mol. The van der Waals surface area contributed by atoms with Gasteiger partial charge in [-0.05, 0) is 24.4 Å². The zero-order valence-electron chi connectivity index (χ0n) is 13.9. The highest BCUT2D eigenvalue weighted by Crippen LogP contribution is 2.12. The number of para-hydroxylation sites is 1. The lowest BCUT2D eigenvalue weighted by atomic mass is 9.96. The summed E-state index contributed by atoms with van der Waals surface area (Å²) in [5, 5.41) is 5.14. The number of hydrogen-bond acceptors (Lipinski definition) is 4. The molecule has 4 N–H and O–H groups in total. The van der Waals surface area contributed by atoms with Crippen LogP contribution >= 0.6 is 12.2 Å². The predicted octanol–water partition coefficient (Wildman–Crippen LogP) is 1.47. The Labute approximate surface area is 146 Å². The van der Waals surface area contributed by atoms with Gasteiger partial charge in [-0.15, -0.1) is 0 Å². The second-order valence-corrected chi connectivity index (χ2v) is 6.53. The van der Waals surface area contributed by atoms with E-state index in [1.807, 2.05) is 6.07 Å². The maximum absolute atomic E-state index is 11.7. The Morgan fingerprint density at radius 1 is 0.958 bits per heavy atom. The van der Waals surface area contributed by atoms with Crippen LogP contribution in [0.5, 0.6) is 0 Å². The van der Waals surface area contributed by atoms with Gasteiger partial charge in [0.1, 0.15) is 0 Å². The number of nitrogens with one attached hydrogen (secondary N) is 4. The molecule has 0 aliphatic carbocycles. The fraction of sp³-hybridized carbons (Fsp3) is 0.375. The van der Waals surface area contributed by atoms with Crippen molar-refractivity contribution in [3.63, 3.8) is 0 Å². The van der Waals surface area contributed by atoms with Crippen molar-refractivity contribution >= 4 is 40.7 Å². The highest BCUT2D eigenvalue weighted by Gasteiger charge is 2.22. The summed E-state index contributed by atoms with van der Waals surface area (Å²) >= 11 is 4.90. The van der Waals surface area contributed by atoms with E-state index in [0.29, 0.717) is 5.69 Å². The van der Waals surface area contributed by atoms with Gasteiger partial charge in [-0.25, -0.2) is 0 Å². The highest BCUT2D eigenvalue weighted by atomic mass is 32.1. The average Bonchev–Trinajstić information content (AvgIpc) is 2.51. The minimum absolute atomic E-state index is 0.00277. The first-order valence-corrected chi connectivity index (χ1v) is 7.84. The summed E-state index contributed by atoms with van der Waals surface area (Å²) in [6.45, 7) is 5.23. The first-order valence-electron chi connectivity index (χ1n) is 7.43. The van der Waals surface area contributed by atoms with E-state index in [2.05, 4.69) is 21.5 Å². The Morgan fingerprint density at radius 2 is 1.54 bits per heavy atom. The molecule has 0 aromatic heterocycles. The van der Waals surface area contributed by atoms with Crippen LogP contribution in [-0.4, -0.2) is 22.8 Å². The van der Waals surface area contributed by atoms with Gasteiger partial charge in [0.2, 0.25) is 17.7 Å². The maximum atomic E-state index is 11.7. The molecular formula is C16H22N4O3S. The molecule has 0 spiro atoms. The molecule has 0 fully saturated rings. The zero-order valence-corrected chi connectivity index (χ0v) is 14.8. The molecule has 0 heterocycles. The number of carbonyl (C=O) groups excluding carboxylic acids is 3. The van der Waals surface area contributed by atoms with Gasteiger partial charge in [0, 0.05) is 23.9 Å². The standard InChI is InChI=1S/C16H22N4O3S/c1-16(2,3)14(23)18-15(24)20-19-13(22)10-9-12(21)17-11-7-5-4-6-8-11/h4-8H,9-10H2,1-3H3,(H,17,21)(H,19,22)(H2,18,20,23,24). The van der Waals surface area contributed by atoms with Crippen LogP contribution in [0.1, 0.15) is 33.6 Å². The number of rotatable bonds is 4. The molecule has 1 rings (SSSR count). The Kier molecular flexibility index (Phi) is 7.31. The first kappa shape index (κ1) is 19.6. The van der Waals surface area contributed by atoms with Crippen molar-refractivity contribution in [2.45, 2.75) is 33.6 Å². The summed E-state index contributed by atoms with van der Waals surface area (Å²) < 4.78 is 0. The molecule has 0 bridgehead atoms. The Bertz CT molecular complexity index is 611. The fourth-order valence-corrected chi connectivity index (χ4v) is 1.63. The molecule has 130 valence electrons. The fourth-order valence-electron chi connectivity index (χ4n) is 1.48. The molecule has 0 aliphatic rings. The van der Waals surface area contributed by atoms with Gasteiger partial charge in [0.25, 0.3) is 0 Å². The molecule has 0 unspecified atom stereocenters.